The maximum Gasteiger partial charge on any atom is 0.332 e. The SMILES string of the molecule is CC(/C=N/NC(N)=O)NC(=O)[C@@H]1CCCN2C(=O)CC[C@H](NC(=O)c3ccccc3)C(=O)N12. The molecule has 2 fully saturated rings. The van der Waals surface area contributed by atoms with Crippen molar-refractivity contribution in [3.63, 3.8) is 0 Å². The normalized spacial score (nSPS) is 21.7. The Hall–Kier alpha value is -3.96. The molecule has 6 amide bonds. The number of hydrazone groups is 1. The van der Waals surface area contributed by atoms with Gasteiger partial charge in [0.2, 0.25) is 11.8 Å². The Bertz CT molecular complexity index is 952. The van der Waals surface area contributed by atoms with Crippen LogP contribution in [0.25, 0.3) is 0 Å². The second-order valence-electron chi connectivity index (χ2n) is 7.84. The molecule has 3 atom stereocenters. The number of fused-ring (bicyclic) bond motifs is 1. The minimum atomic E-state index is -0.946. The zero-order chi connectivity index (χ0) is 24.0. The molecule has 176 valence electrons. The molecule has 5 N–H and O–H groups in total. The first kappa shape index (κ1) is 23.7. The number of rotatable bonds is 6. The monoisotopic (exact) mass is 457 g/mol. The lowest BCUT2D eigenvalue weighted by Gasteiger charge is -2.43. The van der Waals surface area contributed by atoms with Crippen molar-refractivity contribution in [1.82, 2.24) is 26.1 Å². The van der Waals surface area contributed by atoms with Gasteiger partial charge in [-0.2, -0.15) is 5.10 Å². The van der Waals surface area contributed by atoms with Gasteiger partial charge in [-0.1, -0.05) is 18.2 Å². The number of primary amides is 1. The van der Waals surface area contributed by atoms with Gasteiger partial charge in [0, 0.05) is 24.7 Å². The van der Waals surface area contributed by atoms with E-state index in [-0.39, 0.29) is 18.7 Å². The zero-order valence-electron chi connectivity index (χ0n) is 18.2. The summed E-state index contributed by atoms with van der Waals surface area (Å²) < 4.78 is 0. The molecule has 2 heterocycles. The van der Waals surface area contributed by atoms with E-state index in [1.165, 1.54) is 16.2 Å². The van der Waals surface area contributed by atoms with Crippen molar-refractivity contribution in [1.29, 1.82) is 0 Å². The van der Waals surface area contributed by atoms with E-state index in [1.807, 2.05) is 5.43 Å². The number of amides is 6. The third-order valence-corrected chi connectivity index (χ3v) is 5.35. The van der Waals surface area contributed by atoms with Crippen molar-refractivity contribution >= 4 is 35.9 Å². The van der Waals surface area contributed by atoms with Gasteiger partial charge in [0.25, 0.3) is 11.8 Å². The summed E-state index contributed by atoms with van der Waals surface area (Å²) in [6.45, 7) is 1.94. The molecule has 1 aromatic rings. The molecule has 1 unspecified atom stereocenters. The molecule has 33 heavy (non-hydrogen) atoms. The van der Waals surface area contributed by atoms with Crippen LogP contribution in [-0.4, -0.2) is 70.6 Å². The van der Waals surface area contributed by atoms with Gasteiger partial charge < -0.3 is 16.4 Å². The predicted octanol–water partition coefficient (Wildman–Crippen LogP) is -0.528. The molecule has 1 aromatic carbocycles. The van der Waals surface area contributed by atoms with Crippen molar-refractivity contribution in [3.05, 3.63) is 35.9 Å². The van der Waals surface area contributed by atoms with Crippen molar-refractivity contribution in [2.45, 2.75) is 50.7 Å². The Labute approximate surface area is 190 Å². The fraction of sp³-hybridized carbons (Fsp3) is 0.429. The van der Waals surface area contributed by atoms with Gasteiger partial charge in [0.05, 0.1) is 6.04 Å². The van der Waals surface area contributed by atoms with Crippen LogP contribution in [0.2, 0.25) is 0 Å². The Balaban J connectivity index is 1.75. The molecule has 2 aliphatic heterocycles. The molecular weight excluding hydrogens is 430 g/mol. The summed E-state index contributed by atoms with van der Waals surface area (Å²) in [6.07, 6.45) is 2.38. The van der Waals surface area contributed by atoms with E-state index < -0.39 is 41.9 Å². The highest BCUT2D eigenvalue weighted by atomic mass is 16.2. The molecule has 2 aliphatic rings. The fourth-order valence-corrected chi connectivity index (χ4v) is 3.81. The average molecular weight is 457 g/mol. The third kappa shape index (κ3) is 5.84. The Morgan fingerprint density at radius 3 is 2.61 bits per heavy atom. The fourth-order valence-electron chi connectivity index (χ4n) is 3.81. The maximum absolute atomic E-state index is 13.4. The van der Waals surface area contributed by atoms with Crippen LogP contribution in [0, 0.1) is 0 Å². The van der Waals surface area contributed by atoms with Gasteiger partial charge in [-0.05, 0) is 38.3 Å². The van der Waals surface area contributed by atoms with E-state index in [1.54, 1.807) is 37.3 Å². The van der Waals surface area contributed by atoms with Crippen molar-refractivity contribution in [3.8, 4) is 0 Å². The van der Waals surface area contributed by atoms with Crippen LogP contribution in [0.4, 0.5) is 4.79 Å². The number of nitrogens with one attached hydrogen (secondary N) is 3. The minimum Gasteiger partial charge on any atom is -0.350 e. The van der Waals surface area contributed by atoms with E-state index in [4.69, 9.17) is 5.73 Å². The first-order valence-corrected chi connectivity index (χ1v) is 10.7. The lowest BCUT2D eigenvalue weighted by Crippen LogP contribution is -2.64. The van der Waals surface area contributed by atoms with Crippen LogP contribution in [0.3, 0.4) is 0 Å². The van der Waals surface area contributed by atoms with Crippen molar-refractivity contribution in [2.24, 2.45) is 10.8 Å². The highest BCUT2D eigenvalue weighted by Gasteiger charge is 2.44. The van der Waals surface area contributed by atoms with Gasteiger partial charge in [-0.15, -0.1) is 0 Å². The molecule has 0 saturated carbocycles. The molecule has 0 aliphatic carbocycles. The summed E-state index contributed by atoms with van der Waals surface area (Å²) in [4.78, 5) is 62.4. The number of nitrogens with two attached hydrogens (primary N) is 1. The number of urea groups is 1. The van der Waals surface area contributed by atoms with Crippen LogP contribution in [0.1, 0.15) is 43.0 Å². The number of hydrogen-bond acceptors (Lipinski definition) is 6. The number of benzene rings is 1. The van der Waals surface area contributed by atoms with Crippen LogP contribution >= 0.6 is 0 Å². The minimum absolute atomic E-state index is 0.0676. The summed E-state index contributed by atoms with van der Waals surface area (Å²) >= 11 is 0. The number of carbonyl (C=O) groups excluding carboxylic acids is 5. The van der Waals surface area contributed by atoms with Crippen LogP contribution in [-0.2, 0) is 14.4 Å². The number of hydrogen-bond donors (Lipinski definition) is 4. The lowest BCUT2D eigenvalue weighted by molar-refractivity contribution is -0.176. The van der Waals surface area contributed by atoms with Gasteiger partial charge in [-0.25, -0.2) is 15.2 Å². The van der Waals surface area contributed by atoms with E-state index in [2.05, 4.69) is 15.7 Å². The third-order valence-electron chi connectivity index (χ3n) is 5.35. The molecule has 12 nitrogen and oxygen atoms in total. The van der Waals surface area contributed by atoms with E-state index >= 15 is 0 Å². The molecule has 3 rings (SSSR count). The molecule has 0 bridgehead atoms. The molecule has 2 saturated heterocycles. The Morgan fingerprint density at radius 1 is 1.18 bits per heavy atom. The number of carbonyl (C=O) groups is 5. The maximum atomic E-state index is 13.4. The van der Waals surface area contributed by atoms with Crippen LogP contribution in [0.5, 0.6) is 0 Å². The molecule has 0 aromatic heterocycles. The summed E-state index contributed by atoms with van der Waals surface area (Å²) in [6, 6.07) is 5.16. The Morgan fingerprint density at radius 2 is 1.91 bits per heavy atom. The van der Waals surface area contributed by atoms with Gasteiger partial charge in [-0.3, -0.25) is 24.2 Å². The highest BCUT2D eigenvalue weighted by molar-refractivity contribution is 5.99. The van der Waals surface area contributed by atoms with Crippen LogP contribution < -0.4 is 21.8 Å². The largest absolute Gasteiger partial charge is 0.350 e. The van der Waals surface area contributed by atoms with E-state index in [0.717, 1.165) is 0 Å². The standard InChI is InChI=1S/C21H27N7O5/c1-13(12-23-26-21(22)33)24-19(31)16-8-5-11-27-17(29)10-9-15(20(32)28(16)27)25-18(30)14-6-3-2-4-7-14/h2-4,6-7,12-13,15-16H,5,8-11H2,1H3,(H,24,31)(H,25,30)(H3,22,26,33)/b23-12+/t13?,15-,16-/m0/s1. The molecule has 0 spiro atoms. The van der Waals surface area contributed by atoms with Gasteiger partial charge >= 0.3 is 6.03 Å². The molecule has 0 radical (unpaired) electrons. The second kappa shape index (κ2) is 10.6. The quantitative estimate of drug-likeness (QED) is 0.332. The lowest BCUT2D eigenvalue weighted by atomic mass is 10.1. The van der Waals surface area contributed by atoms with Gasteiger partial charge in [0.15, 0.2) is 0 Å². The first-order valence-electron chi connectivity index (χ1n) is 10.7. The summed E-state index contributed by atoms with van der Waals surface area (Å²) in [7, 11) is 0. The first-order chi connectivity index (χ1) is 15.8. The summed E-state index contributed by atoms with van der Waals surface area (Å²) in [5.74, 6) is -1.70. The van der Waals surface area contributed by atoms with E-state index in [0.29, 0.717) is 24.9 Å². The molecule has 12 heteroatoms. The average Bonchev–Trinajstić information content (AvgIpc) is 2.91. The smallest absolute Gasteiger partial charge is 0.332 e. The Kier molecular flexibility index (Phi) is 7.59. The highest BCUT2D eigenvalue weighted by Crippen LogP contribution is 2.25. The predicted molar refractivity (Wildman–Crippen MR) is 117 cm³/mol. The number of nitrogens with zero attached hydrogens (tertiary/aromatic N) is 3. The van der Waals surface area contributed by atoms with Crippen molar-refractivity contribution < 1.29 is 24.0 Å². The molecular formula is C21H27N7O5. The summed E-state index contributed by atoms with van der Waals surface area (Å²) in [5.41, 5.74) is 7.36. The van der Waals surface area contributed by atoms with Crippen molar-refractivity contribution in [2.75, 3.05) is 6.54 Å². The number of hydrazine groups is 1. The van der Waals surface area contributed by atoms with Crippen LogP contribution in [0.15, 0.2) is 35.4 Å². The van der Waals surface area contributed by atoms with E-state index in [9.17, 15) is 24.0 Å². The topological polar surface area (TPSA) is 166 Å². The van der Waals surface area contributed by atoms with Gasteiger partial charge in [0.1, 0.15) is 12.1 Å². The zero-order valence-corrected chi connectivity index (χ0v) is 18.2. The summed E-state index contributed by atoms with van der Waals surface area (Å²) in [5, 5.41) is 11.5. The second-order valence-corrected chi connectivity index (χ2v) is 7.84.